The average Bonchev–Trinajstić information content (AvgIpc) is 2.37. The fraction of sp³-hybridized carbons (Fsp3) is 0.818. The summed E-state index contributed by atoms with van der Waals surface area (Å²) in [6.07, 6.45) is -1.55. The molecule has 114 valence electrons. The largest absolute Gasteiger partial charge is 0.481 e. The Morgan fingerprint density at radius 3 is 2.11 bits per heavy atom. The number of carbonyl (C=O) groups excluding carboxylic acids is 1. The number of hydrogen-bond acceptors (Lipinski definition) is 6. The van der Waals surface area contributed by atoms with Gasteiger partial charge in [-0.3, -0.25) is 9.59 Å². The number of carboxylic acids is 1. The highest BCUT2D eigenvalue weighted by Crippen LogP contribution is 2.19. The van der Waals surface area contributed by atoms with Crippen molar-refractivity contribution in [2.75, 3.05) is 26.3 Å². The highest BCUT2D eigenvalue weighted by atomic mass is 16.4. The van der Waals surface area contributed by atoms with Crippen molar-refractivity contribution in [3.05, 3.63) is 0 Å². The van der Waals surface area contributed by atoms with Crippen molar-refractivity contribution >= 4 is 11.9 Å². The first-order valence-corrected chi connectivity index (χ1v) is 5.82. The first-order valence-electron chi connectivity index (χ1n) is 5.82. The Morgan fingerprint density at radius 1 is 1.32 bits per heavy atom. The second-order valence-electron chi connectivity index (χ2n) is 4.50. The Hall–Kier alpha value is -1.22. The summed E-state index contributed by atoms with van der Waals surface area (Å²) in [7, 11) is 0. The molecule has 0 aliphatic carbocycles. The fourth-order valence-corrected chi connectivity index (χ4v) is 0.831. The van der Waals surface area contributed by atoms with E-state index in [4.69, 9.17) is 21.1 Å². The van der Waals surface area contributed by atoms with Crippen LogP contribution in [-0.4, -0.2) is 64.7 Å². The van der Waals surface area contributed by atoms with E-state index in [1.807, 2.05) is 0 Å². The van der Waals surface area contributed by atoms with Gasteiger partial charge in [-0.15, -0.1) is 0 Å². The number of aliphatic hydroxyl groups excluding tert-OH is 3. The SMILES string of the molecule is CC(C)(CO)C(O)C(=O)NCCC(=O)O.NCCO. The standard InChI is InChI=1S/C9H17NO5.C2H7NO/c1-9(2,5-11)7(14)8(15)10-4-3-6(12)13;3-1-2-4/h7,11,14H,3-5H2,1-2H3,(H,10,15)(H,12,13);4H,1-3H2. The van der Waals surface area contributed by atoms with E-state index >= 15 is 0 Å². The molecule has 0 aliphatic rings. The molecule has 0 bridgehead atoms. The van der Waals surface area contributed by atoms with Gasteiger partial charge in [0.15, 0.2) is 0 Å². The molecule has 1 unspecified atom stereocenters. The lowest BCUT2D eigenvalue weighted by Crippen LogP contribution is -2.45. The van der Waals surface area contributed by atoms with E-state index in [1.54, 1.807) is 0 Å². The van der Waals surface area contributed by atoms with E-state index < -0.39 is 23.4 Å². The maximum atomic E-state index is 11.3. The summed E-state index contributed by atoms with van der Waals surface area (Å²) in [5.41, 5.74) is 3.84. The van der Waals surface area contributed by atoms with Crippen LogP contribution in [0.1, 0.15) is 20.3 Å². The lowest BCUT2D eigenvalue weighted by molar-refractivity contribution is -0.138. The Morgan fingerprint density at radius 2 is 1.79 bits per heavy atom. The van der Waals surface area contributed by atoms with Gasteiger partial charge in [0.05, 0.1) is 19.6 Å². The van der Waals surface area contributed by atoms with Crippen molar-refractivity contribution in [2.24, 2.45) is 11.1 Å². The lowest BCUT2D eigenvalue weighted by Gasteiger charge is -2.26. The van der Waals surface area contributed by atoms with Crippen LogP contribution in [0.2, 0.25) is 0 Å². The molecule has 7 N–H and O–H groups in total. The molecule has 8 nitrogen and oxygen atoms in total. The third-order valence-electron chi connectivity index (χ3n) is 2.16. The lowest BCUT2D eigenvalue weighted by atomic mass is 9.87. The Kier molecular flexibility index (Phi) is 11.3. The third-order valence-corrected chi connectivity index (χ3v) is 2.16. The number of carbonyl (C=O) groups is 2. The summed E-state index contributed by atoms with van der Waals surface area (Å²) >= 11 is 0. The van der Waals surface area contributed by atoms with Gasteiger partial charge in [0.2, 0.25) is 5.91 Å². The second-order valence-corrected chi connectivity index (χ2v) is 4.50. The first kappa shape index (κ1) is 20.1. The monoisotopic (exact) mass is 280 g/mol. The molecule has 0 fully saturated rings. The van der Waals surface area contributed by atoms with Crippen molar-refractivity contribution < 1.29 is 30.0 Å². The van der Waals surface area contributed by atoms with Crippen LogP contribution in [-0.2, 0) is 9.59 Å². The van der Waals surface area contributed by atoms with Crippen LogP contribution in [0.15, 0.2) is 0 Å². The van der Waals surface area contributed by atoms with Crippen LogP contribution in [0, 0.1) is 5.41 Å². The molecule has 0 aliphatic heterocycles. The Balaban J connectivity index is 0. The molecule has 19 heavy (non-hydrogen) atoms. The molecule has 0 heterocycles. The number of nitrogens with two attached hydrogens (primary N) is 1. The molecule has 8 heteroatoms. The van der Waals surface area contributed by atoms with Crippen molar-refractivity contribution in [3.8, 4) is 0 Å². The number of aliphatic hydroxyl groups is 3. The van der Waals surface area contributed by atoms with Crippen molar-refractivity contribution in [1.82, 2.24) is 5.32 Å². The van der Waals surface area contributed by atoms with Gasteiger partial charge >= 0.3 is 5.97 Å². The Bertz CT molecular complexity index is 268. The van der Waals surface area contributed by atoms with E-state index in [1.165, 1.54) is 13.8 Å². The van der Waals surface area contributed by atoms with Gasteiger partial charge in [-0.1, -0.05) is 13.8 Å². The zero-order valence-electron chi connectivity index (χ0n) is 11.3. The van der Waals surface area contributed by atoms with Gasteiger partial charge in [0.25, 0.3) is 0 Å². The van der Waals surface area contributed by atoms with Gasteiger partial charge in [-0.05, 0) is 0 Å². The van der Waals surface area contributed by atoms with Crippen LogP contribution < -0.4 is 11.1 Å². The van der Waals surface area contributed by atoms with Crippen molar-refractivity contribution in [1.29, 1.82) is 0 Å². The molecule has 1 amide bonds. The molecule has 0 radical (unpaired) electrons. The third kappa shape index (κ3) is 10.4. The molecular formula is C11H24N2O6. The highest BCUT2D eigenvalue weighted by Gasteiger charge is 2.32. The fourth-order valence-electron chi connectivity index (χ4n) is 0.831. The van der Waals surface area contributed by atoms with Crippen LogP contribution in [0.3, 0.4) is 0 Å². The predicted octanol–water partition coefficient (Wildman–Crippen LogP) is -2.11. The van der Waals surface area contributed by atoms with Crippen molar-refractivity contribution in [2.45, 2.75) is 26.4 Å². The molecule has 0 rings (SSSR count). The highest BCUT2D eigenvalue weighted by molar-refractivity contribution is 5.81. The molecular weight excluding hydrogens is 256 g/mol. The van der Waals surface area contributed by atoms with Gasteiger partial charge in [-0.2, -0.15) is 0 Å². The maximum Gasteiger partial charge on any atom is 0.305 e. The van der Waals surface area contributed by atoms with Crippen molar-refractivity contribution in [3.63, 3.8) is 0 Å². The smallest absolute Gasteiger partial charge is 0.305 e. The number of amides is 1. The van der Waals surface area contributed by atoms with E-state index in [0.29, 0.717) is 6.54 Å². The summed E-state index contributed by atoms with van der Waals surface area (Å²) in [6, 6.07) is 0. The molecule has 0 aromatic carbocycles. The minimum absolute atomic E-state index is 0.0350. The maximum absolute atomic E-state index is 11.3. The molecule has 0 spiro atoms. The predicted molar refractivity (Wildman–Crippen MR) is 68.3 cm³/mol. The molecule has 0 aromatic heterocycles. The number of rotatable bonds is 7. The van der Waals surface area contributed by atoms with Gasteiger partial charge in [-0.25, -0.2) is 0 Å². The molecule has 0 saturated carbocycles. The minimum Gasteiger partial charge on any atom is -0.481 e. The van der Waals surface area contributed by atoms with E-state index in [-0.39, 0.29) is 26.2 Å². The molecule has 1 atom stereocenters. The summed E-state index contributed by atoms with van der Waals surface area (Å²) in [5.74, 6) is -1.69. The van der Waals surface area contributed by atoms with E-state index in [9.17, 15) is 14.7 Å². The van der Waals surface area contributed by atoms with Gasteiger partial charge in [0, 0.05) is 18.5 Å². The number of hydrogen-bond donors (Lipinski definition) is 6. The summed E-state index contributed by atoms with van der Waals surface area (Å²) < 4.78 is 0. The Labute approximate surface area is 112 Å². The van der Waals surface area contributed by atoms with Crippen LogP contribution in [0.5, 0.6) is 0 Å². The van der Waals surface area contributed by atoms with E-state index in [0.717, 1.165) is 0 Å². The summed E-state index contributed by atoms with van der Waals surface area (Å²) in [5, 5.41) is 36.7. The summed E-state index contributed by atoms with van der Waals surface area (Å²) in [4.78, 5) is 21.4. The van der Waals surface area contributed by atoms with Crippen LogP contribution in [0.25, 0.3) is 0 Å². The van der Waals surface area contributed by atoms with E-state index in [2.05, 4.69) is 5.32 Å². The number of nitrogens with one attached hydrogen (secondary N) is 1. The first-order chi connectivity index (χ1) is 8.72. The zero-order valence-corrected chi connectivity index (χ0v) is 11.3. The second kappa shape index (κ2) is 10.7. The molecule has 0 saturated heterocycles. The van der Waals surface area contributed by atoms with Crippen LogP contribution in [0.4, 0.5) is 0 Å². The number of aliphatic carboxylic acids is 1. The quantitative estimate of drug-likeness (QED) is 0.312. The van der Waals surface area contributed by atoms with Crippen LogP contribution >= 0.6 is 0 Å². The van der Waals surface area contributed by atoms with Gasteiger partial charge < -0.3 is 31.5 Å². The molecule has 0 aromatic rings. The summed E-state index contributed by atoms with van der Waals surface area (Å²) in [6.45, 7) is 3.18. The normalized spacial score (nSPS) is 12.1. The average molecular weight is 280 g/mol. The zero-order chi connectivity index (χ0) is 15.5. The topological polar surface area (TPSA) is 153 Å². The number of carboxylic acid groups (broad SMARTS) is 1. The minimum atomic E-state index is -1.35. The van der Waals surface area contributed by atoms with Gasteiger partial charge in [0.1, 0.15) is 6.10 Å².